The van der Waals surface area contributed by atoms with Crippen LogP contribution in [0.4, 0.5) is 0 Å². The Kier molecular flexibility index (Phi) is 3.38. The van der Waals surface area contributed by atoms with Gasteiger partial charge in [0, 0.05) is 45.1 Å². The van der Waals surface area contributed by atoms with Crippen LogP contribution in [0.5, 0.6) is 0 Å². The van der Waals surface area contributed by atoms with Crippen LogP contribution >= 0.6 is 0 Å². The van der Waals surface area contributed by atoms with Crippen molar-refractivity contribution < 1.29 is 4.74 Å². The van der Waals surface area contributed by atoms with E-state index in [0.29, 0.717) is 12.1 Å². The van der Waals surface area contributed by atoms with E-state index >= 15 is 0 Å². The van der Waals surface area contributed by atoms with Crippen LogP contribution in [-0.2, 0) is 18.2 Å². The van der Waals surface area contributed by atoms with Gasteiger partial charge in [-0.3, -0.25) is 0 Å². The highest BCUT2D eigenvalue weighted by Gasteiger charge is 2.23. The molecule has 0 aromatic carbocycles. The minimum Gasteiger partial charge on any atom is -0.377 e. The van der Waals surface area contributed by atoms with E-state index in [1.807, 2.05) is 19.4 Å². The Morgan fingerprint density at radius 1 is 1.67 bits per heavy atom. The quantitative estimate of drug-likeness (QED) is 0.794. The molecular weight excluding hydrogens is 190 g/mol. The van der Waals surface area contributed by atoms with Crippen LogP contribution in [0.2, 0.25) is 0 Å². The molecule has 0 radical (unpaired) electrons. The summed E-state index contributed by atoms with van der Waals surface area (Å²) >= 11 is 0. The van der Waals surface area contributed by atoms with E-state index in [0.717, 1.165) is 31.8 Å². The van der Waals surface area contributed by atoms with Crippen molar-refractivity contribution >= 4 is 0 Å². The van der Waals surface area contributed by atoms with E-state index in [9.17, 15) is 0 Å². The van der Waals surface area contributed by atoms with Crippen LogP contribution in [0.3, 0.4) is 0 Å². The van der Waals surface area contributed by atoms with Crippen molar-refractivity contribution in [2.24, 2.45) is 7.05 Å². The maximum absolute atomic E-state index is 5.49. The molecule has 2 rings (SSSR count). The highest BCUT2D eigenvalue weighted by Crippen LogP contribution is 2.12. The Morgan fingerprint density at radius 3 is 3.13 bits per heavy atom. The van der Waals surface area contributed by atoms with Gasteiger partial charge in [0.05, 0.1) is 6.10 Å². The van der Waals surface area contributed by atoms with E-state index in [1.165, 1.54) is 0 Å². The van der Waals surface area contributed by atoms with E-state index in [1.54, 1.807) is 0 Å². The largest absolute Gasteiger partial charge is 0.377 e. The summed E-state index contributed by atoms with van der Waals surface area (Å²) in [4.78, 5) is 4.29. The molecule has 2 heterocycles. The normalized spacial score (nSPS) is 26.0. The predicted molar refractivity (Wildman–Crippen MR) is 58.7 cm³/mol. The van der Waals surface area contributed by atoms with Crippen molar-refractivity contribution in [2.45, 2.75) is 31.9 Å². The van der Waals surface area contributed by atoms with Crippen molar-refractivity contribution in [1.82, 2.24) is 14.9 Å². The van der Waals surface area contributed by atoms with Gasteiger partial charge in [0.25, 0.3) is 0 Å². The SMILES string of the molecule is CC1OCCC1NCCc1nccn1C. The van der Waals surface area contributed by atoms with Crippen molar-refractivity contribution in [3.63, 3.8) is 0 Å². The van der Waals surface area contributed by atoms with Crippen LogP contribution in [0, 0.1) is 0 Å². The van der Waals surface area contributed by atoms with Crippen molar-refractivity contribution in [1.29, 1.82) is 0 Å². The Balaban J connectivity index is 1.73. The summed E-state index contributed by atoms with van der Waals surface area (Å²) in [6, 6.07) is 0.519. The molecule has 1 aliphatic rings. The summed E-state index contributed by atoms with van der Waals surface area (Å²) in [6.07, 6.45) is 6.29. The summed E-state index contributed by atoms with van der Waals surface area (Å²) in [6.45, 7) is 4.00. The fraction of sp³-hybridized carbons (Fsp3) is 0.727. The molecule has 0 saturated carbocycles. The molecule has 4 heteroatoms. The van der Waals surface area contributed by atoms with Gasteiger partial charge in [0.2, 0.25) is 0 Å². The van der Waals surface area contributed by atoms with E-state index < -0.39 is 0 Å². The first-order valence-corrected chi connectivity index (χ1v) is 5.58. The molecule has 1 saturated heterocycles. The van der Waals surface area contributed by atoms with Crippen LogP contribution in [-0.4, -0.2) is 34.8 Å². The molecular formula is C11H19N3O. The third-order valence-corrected chi connectivity index (χ3v) is 3.05. The molecule has 1 fully saturated rings. The molecule has 0 bridgehead atoms. The molecule has 0 spiro atoms. The predicted octanol–water partition coefficient (Wildman–Crippen LogP) is 0.730. The Labute approximate surface area is 90.6 Å². The lowest BCUT2D eigenvalue weighted by Crippen LogP contribution is -2.36. The molecule has 0 aliphatic carbocycles. The number of ether oxygens (including phenoxy) is 1. The van der Waals surface area contributed by atoms with Crippen molar-refractivity contribution in [2.75, 3.05) is 13.2 Å². The number of aryl methyl sites for hydroxylation is 1. The lowest BCUT2D eigenvalue weighted by atomic mass is 10.1. The highest BCUT2D eigenvalue weighted by molar-refractivity contribution is 4.92. The first-order chi connectivity index (χ1) is 7.27. The summed E-state index contributed by atoms with van der Waals surface area (Å²) in [5.41, 5.74) is 0. The first-order valence-electron chi connectivity index (χ1n) is 5.58. The minimum absolute atomic E-state index is 0.353. The van der Waals surface area contributed by atoms with Crippen LogP contribution < -0.4 is 5.32 Å². The second-order valence-corrected chi connectivity index (χ2v) is 4.13. The molecule has 2 unspecified atom stereocenters. The molecule has 15 heavy (non-hydrogen) atoms. The van der Waals surface area contributed by atoms with Crippen molar-refractivity contribution in [3.05, 3.63) is 18.2 Å². The average Bonchev–Trinajstić information content (AvgIpc) is 2.78. The molecule has 0 amide bonds. The fourth-order valence-corrected chi connectivity index (χ4v) is 2.01. The Bertz CT molecular complexity index is 311. The number of imidazole rings is 1. The topological polar surface area (TPSA) is 39.1 Å². The summed E-state index contributed by atoms with van der Waals surface area (Å²) in [5.74, 6) is 1.13. The van der Waals surface area contributed by atoms with Gasteiger partial charge in [-0.2, -0.15) is 0 Å². The van der Waals surface area contributed by atoms with Crippen molar-refractivity contribution in [3.8, 4) is 0 Å². The zero-order chi connectivity index (χ0) is 10.7. The molecule has 1 aliphatic heterocycles. The fourth-order valence-electron chi connectivity index (χ4n) is 2.01. The third-order valence-electron chi connectivity index (χ3n) is 3.05. The Morgan fingerprint density at radius 2 is 2.53 bits per heavy atom. The molecule has 1 aromatic rings. The van der Waals surface area contributed by atoms with Gasteiger partial charge in [0.1, 0.15) is 5.82 Å². The maximum Gasteiger partial charge on any atom is 0.109 e. The number of aromatic nitrogens is 2. The molecule has 4 nitrogen and oxygen atoms in total. The van der Waals surface area contributed by atoms with Gasteiger partial charge >= 0.3 is 0 Å². The van der Waals surface area contributed by atoms with Gasteiger partial charge in [0.15, 0.2) is 0 Å². The number of nitrogens with one attached hydrogen (secondary N) is 1. The zero-order valence-electron chi connectivity index (χ0n) is 9.44. The zero-order valence-corrected chi connectivity index (χ0v) is 9.44. The second-order valence-electron chi connectivity index (χ2n) is 4.13. The molecule has 2 atom stereocenters. The number of hydrogen-bond donors (Lipinski definition) is 1. The van der Waals surface area contributed by atoms with Gasteiger partial charge in [-0.05, 0) is 13.3 Å². The summed E-state index contributed by atoms with van der Waals surface area (Å²) in [7, 11) is 2.03. The molecule has 1 aromatic heterocycles. The third kappa shape index (κ3) is 2.58. The number of rotatable bonds is 4. The molecule has 84 valence electrons. The average molecular weight is 209 g/mol. The van der Waals surface area contributed by atoms with Crippen LogP contribution in [0.15, 0.2) is 12.4 Å². The Hall–Kier alpha value is -0.870. The van der Waals surface area contributed by atoms with Crippen LogP contribution in [0.25, 0.3) is 0 Å². The lowest BCUT2D eigenvalue weighted by Gasteiger charge is -2.15. The molecule has 1 N–H and O–H groups in total. The lowest BCUT2D eigenvalue weighted by molar-refractivity contribution is 0.113. The maximum atomic E-state index is 5.49. The smallest absolute Gasteiger partial charge is 0.109 e. The standard InChI is InChI=1S/C11H19N3O/c1-9-10(4-8-15-9)12-5-3-11-13-6-7-14(11)2/h6-7,9-10,12H,3-5,8H2,1-2H3. The van der Waals surface area contributed by atoms with Gasteiger partial charge in [-0.15, -0.1) is 0 Å². The van der Waals surface area contributed by atoms with Gasteiger partial charge in [-0.25, -0.2) is 4.98 Å². The number of hydrogen-bond acceptors (Lipinski definition) is 3. The van der Waals surface area contributed by atoms with Gasteiger partial charge in [-0.1, -0.05) is 0 Å². The summed E-state index contributed by atoms with van der Waals surface area (Å²) in [5, 5.41) is 3.52. The van der Waals surface area contributed by atoms with E-state index in [-0.39, 0.29) is 0 Å². The summed E-state index contributed by atoms with van der Waals surface area (Å²) < 4.78 is 7.56. The monoisotopic (exact) mass is 209 g/mol. The first kappa shape index (κ1) is 10.6. The number of nitrogens with zero attached hydrogens (tertiary/aromatic N) is 2. The van der Waals surface area contributed by atoms with E-state index in [2.05, 4.69) is 21.8 Å². The highest BCUT2D eigenvalue weighted by atomic mass is 16.5. The minimum atomic E-state index is 0.353. The van der Waals surface area contributed by atoms with Gasteiger partial charge < -0.3 is 14.6 Å². The van der Waals surface area contributed by atoms with Crippen LogP contribution in [0.1, 0.15) is 19.2 Å². The van der Waals surface area contributed by atoms with E-state index in [4.69, 9.17) is 4.74 Å². The second kappa shape index (κ2) is 4.77.